The Balaban J connectivity index is 1.78. The van der Waals surface area contributed by atoms with Crippen LogP contribution in [-0.4, -0.2) is 70.8 Å². The smallest absolute Gasteiger partial charge is 0.255 e. The predicted octanol–water partition coefficient (Wildman–Crippen LogP) is 2.46. The average molecular weight is 501 g/mol. The van der Waals surface area contributed by atoms with Crippen LogP contribution in [0, 0.1) is 0 Å². The summed E-state index contributed by atoms with van der Waals surface area (Å²) in [5.41, 5.74) is 10.5. The molecule has 2 amide bonds. The van der Waals surface area contributed by atoms with Gasteiger partial charge in [0.25, 0.3) is 5.91 Å². The molecule has 4 aromatic rings. The van der Waals surface area contributed by atoms with Crippen molar-refractivity contribution in [1.82, 2.24) is 30.0 Å². The number of nitrogen functional groups attached to an aromatic ring is 1. The second-order valence-corrected chi connectivity index (χ2v) is 8.45. The minimum Gasteiger partial charge on any atom is -0.496 e. The highest BCUT2D eigenvalue weighted by atomic mass is 16.5. The van der Waals surface area contributed by atoms with Gasteiger partial charge >= 0.3 is 0 Å². The molecule has 0 saturated carbocycles. The molecule has 2 aromatic carbocycles. The SMILES string of the molecule is C=CC(=O)Nc1ccc(-c2nn3ncnc(N)c3c2-c2ccc(C(=O)NCCN(C)C)c(OC)c2)cc1. The number of hydrogen-bond acceptors (Lipinski definition) is 8. The molecular weight excluding hydrogens is 472 g/mol. The second kappa shape index (κ2) is 10.9. The van der Waals surface area contributed by atoms with Gasteiger partial charge in [-0.25, -0.2) is 4.98 Å². The van der Waals surface area contributed by atoms with E-state index in [9.17, 15) is 9.59 Å². The van der Waals surface area contributed by atoms with Crippen LogP contribution >= 0.6 is 0 Å². The number of nitrogens with zero attached hydrogens (tertiary/aromatic N) is 5. The number of nitrogens with one attached hydrogen (secondary N) is 2. The molecule has 0 atom stereocenters. The number of hydrogen-bond donors (Lipinski definition) is 3. The van der Waals surface area contributed by atoms with Gasteiger partial charge < -0.3 is 26.0 Å². The van der Waals surface area contributed by atoms with Gasteiger partial charge in [0.1, 0.15) is 23.3 Å². The summed E-state index contributed by atoms with van der Waals surface area (Å²) in [6, 6.07) is 12.5. The fourth-order valence-corrected chi connectivity index (χ4v) is 3.82. The number of fused-ring (bicyclic) bond motifs is 1. The molecule has 0 bridgehead atoms. The maximum Gasteiger partial charge on any atom is 0.255 e. The van der Waals surface area contributed by atoms with Crippen LogP contribution in [0.15, 0.2) is 61.4 Å². The van der Waals surface area contributed by atoms with Crippen molar-refractivity contribution in [1.29, 1.82) is 0 Å². The summed E-state index contributed by atoms with van der Waals surface area (Å²) < 4.78 is 7.00. The maximum absolute atomic E-state index is 12.8. The first kappa shape index (κ1) is 25.3. The molecule has 4 N–H and O–H groups in total. The van der Waals surface area contributed by atoms with Gasteiger partial charge in [0.2, 0.25) is 5.91 Å². The zero-order chi connectivity index (χ0) is 26.5. The van der Waals surface area contributed by atoms with Gasteiger partial charge in [-0.05, 0) is 50.0 Å². The lowest BCUT2D eigenvalue weighted by atomic mass is 9.98. The van der Waals surface area contributed by atoms with Crippen LogP contribution in [0.2, 0.25) is 0 Å². The second-order valence-electron chi connectivity index (χ2n) is 8.45. The van der Waals surface area contributed by atoms with E-state index in [1.807, 2.05) is 37.2 Å². The normalized spacial score (nSPS) is 10.9. The molecule has 0 aliphatic rings. The maximum atomic E-state index is 12.8. The van der Waals surface area contributed by atoms with E-state index in [1.54, 1.807) is 24.3 Å². The quantitative estimate of drug-likeness (QED) is 0.298. The molecule has 2 heterocycles. The number of ether oxygens (including phenoxy) is 1. The number of aromatic nitrogens is 4. The van der Waals surface area contributed by atoms with Gasteiger partial charge in [-0.3, -0.25) is 9.59 Å². The number of benzene rings is 2. The van der Waals surface area contributed by atoms with E-state index in [2.05, 4.69) is 32.4 Å². The van der Waals surface area contributed by atoms with Crippen LogP contribution in [-0.2, 0) is 4.79 Å². The molecule has 0 unspecified atom stereocenters. The van der Waals surface area contributed by atoms with Crippen molar-refractivity contribution in [2.45, 2.75) is 0 Å². The molecule has 4 rings (SSSR count). The Kier molecular flexibility index (Phi) is 7.44. The van der Waals surface area contributed by atoms with Crippen molar-refractivity contribution in [3.63, 3.8) is 0 Å². The van der Waals surface area contributed by atoms with Crippen molar-refractivity contribution in [3.05, 3.63) is 67.0 Å². The number of methoxy groups -OCH3 is 1. The van der Waals surface area contributed by atoms with E-state index in [4.69, 9.17) is 10.5 Å². The van der Waals surface area contributed by atoms with E-state index < -0.39 is 0 Å². The summed E-state index contributed by atoms with van der Waals surface area (Å²) in [6.45, 7) is 4.69. The van der Waals surface area contributed by atoms with Crippen molar-refractivity contribution >= 4 is 28.8 Å². The van der Waals surface area contributed by atoms with Crippen molar-refractivity contribution in [2.24, 2.45) is 0 Å². The molecule has 0 saturated heterocycles. The zero-order valence-electron chi connectivity index (χ0n) is 20.9. The van der Waals surface area contributed by atoms with Crippen LogP contribution < -0.4 is 21.1 Å². The molecule has 37 heavy (non-hydrogen) atoms. The Morgan fingerprint density at radius 2 is 1.89 bits per heavy atom. The van der Waals surface area contributed by atoms with E-state index >= 15 is 0 Å². The Hall–Kier alpha value is -4.77. The highest BCUT2D eigenvalue weighted by molar-refractivity contribution is 6.01. The Morgan fingerprint density at radius 3 is 2.57 bits per heavy atom. The lowest BCUT2D eigenvalue weighted by Gasteiger charge is -2.13. The third-order valence-corrected chi connectivity index (χ3v) is 5.66. The van der Waals surface area contributed by atoms with Gasteiger partial charge in [0, 0.05) is 29.9 Å². The Bertz CT molecular complexity index is 1460. The molecule has 2 aromatic heterocycles. The molecule has 190 valence electrons. The van der Waals surface area contributed by atoms with Crippen LogP contribution in [0.1, 0.15) is 10.4 Å². The Labute approximate surface area is 213 Å². The first-order valence-corrected chi connectivity index (χ1v) is 11.5. The van der Waals surface area contributed by atoms with Crippen molar-refractivity contribution in [2.75, 3.05) is 45.3 Å². The summed E-state index contributed by atoms with van der Waals surface area (Å²) in [4.78, 5) is 30.6. The number of carbonyl (C=O) groups excluding carboxylic acids is 2. The highest BCUT2D eigenvalue weighted by Gasteiger charge is 2.22. The first-order valence-electron chi connectivity index (χ1n) is 11.5. The largest absolute Gasteiger partial charge is 0.496 e. The van der Waals surface area contributed by atoms with E-state index in [1.165, 1.54) is 24.1 Å². The van der Waals surface area contributed by atoms with Crippen LogP contribution in [0.5, 0.6) is 5.75 Å². The van der Waals surface area contributed by atoms with Crippen LogP contribution in [0.25, 0.3) is 27.9 Å². The lowest BCUT2D eigenvalue weighted by Crippen LogP contribution is -2.31. The number of anilines is 2. The van der Waals surface area contributed by atoms with E-state index in [0.29, 0.717) is 46.9 Å². The van der Waals surface area contributed by atoms with E-state index in [0.717, 1.165) is 11.1 Å². The molecule has 0 fully saturated rings. The minimum atomic E-state index is -0.304. The summed E-state index contributed by atoms with van der Waals surface area (Å²) in [6.07, 6.45) is 2.54. The first-order chi connectivity index (χ1) is 17.8. The summed E-state index contributed by atoms with van der Waals surface area (Å²) in [5.74, 6) is 0.124. The number of carbonyl (C=O) groups is 2. The van der Waals surface area contributed by atoms with Gasteiger partial charge in [-0.15, -0.1) is 14.8 Å². The molecule has 0 aliphatic heterocycles. The Morgan fingerprint density at radius 1 is 1.16 bits per heavy atom. The number of likely N-dealkylation sites (N-methyl/N-ethyl adjacent to an activating group) is 1. The average Bonchev–Trinajstić information content (AvgIpc) is 3.29. The fourth-order valence-electron chi connectivity index (χ4n) is 3.82. The number of amides is 2. The minimum absolute atomic E-state index is 0.231. The van der Waals surface area contributed by atoms with Gasteiger partial charge in [-0.1, -0.05) is 24.8 Å². The van der Waals surface area contributed by atoms with Crippen molar-refractivity contribution < 1.29 is 14.3 Å². The molecular formula is C26H28N8O3. The molecule has 11 heteroatoms. The van der Waals surface area contributed by atoms with E-state index in [-0.39, 0.29) is 17.6 Å². The zero-order valence-corrected chi connectivity index (χ0v) is 20.9. The summed E-state index contributed by atoms with van der Waals surface area (Å²) in [7, 11) is 5.39. The summed E-state index contributed by atoms with van der Waals surface area (Å²) in [5, 5.41) is 14.5. The van der Waals surface area contributed by atoms with Crippen LogP contribution in [0.3, 0.4) is 0 Å². The number of rotatable bonds is 9. The van der Waals surface area contributed by atoms with Gasteiger partial charge in [-0.2, -0.15) is 0 Å². The summed E-state index contributed by atoms with van der Waals surface area (Å²) >= 11 is 0. The van der Waals surface area contributed by atoms with Crippen molar-refractivity contribution in [3.8, 4) is 28.1 Å². The molecule has 0 radical (unpaired) electrons. The third kappa shape index (κ3) is 5.41. The molecule has 0 aliphatic carbocycles. The fraction of sp³-hybridized carbons (Fsp3) is 0.192. The molecule has 0 spiro atoms. The van der Waals surface area contributed by atoms with Gasteiger partial charge in [0.05, 0.1) is 12.7 Å². The van der Waals surface area contributed by atoms with Crippen LogP contribution in [0.4, 0.5) is 11.5 Å². The predicted molar refractivity (Wildman–Crippen MR) is 142 cm³/mol. The standard InChI is InChI=1S/C26H28N8O3/c1-5-21(35)31-18-9-6-16(7-10-18)23-22(24-25(27)29-15-30-34(24)32-23)17-8-11-19(20(14-17)37-4)26(36)28-12-13-33(2)3/h5-11,14-15H,1,12-13H2,2-4H3,(H,28,36)(H,31,35)(H2,27,29,30). The monoisotopic (exact) mass is 500 g/mol. The molecule has 11 nitrogen and oxygen atoms in total. The lowest BCUT2D eigenvalue weighted by molar-refractivity contribution is -0.111. The van der Waals surface area contributed by atoms with Gasteiger partial charge in [0.15, 0.2) is 5.82 Å². The third-order valence-electron chi connectivity index (χ3n) is 5.66. The topological polar surface area (TPSA) is 140 Å². The highest BCUT2D eigenvalue weighted by Crippen LogP contribution is 2.38. The number of nitrogens with two attached hydrogens (primary N) is 1.